The van der Waals surface area contributed by atoms with Crippen molar-refractivity contribution < 1.29 is 22.9 Å². The van der Waals surface area contributed by atoms with E-state index in [1.54, 1.807) is 13.8 Å². The van der Waals surface area contributed by atoms with Crippen LogP contribution in [0.1, 0.15) is 19.4 Å². The molecule has 2 N–H and O–H groups in total. The third kappa shape index (κ3) is 4.93. The largest absolute Gasteiger partial charge is 0.418 e. The number of nitro benzene ring substituents is 1. The smallest absolute Gasteiger partial charge is 0.376 e. The van der Waals surface area contributed by atoms with Crippen molar-refractivity contribution >= 4 is 17.3 Å². The molecule has 0 bridgehead atoms. The molecular formula is C12H14F3N3O3. The molecule has 21 heavy (non-hydrogen) atoms. The zero-order valence-electron chi connectivity index (χ0n) is 11.3. The van der Waals surface area contributed by atoms with Gasteiger partial charge in [0, 0.05) is 23.9 Å². The second-order valence-electron chi connectivity index (χ2n) is 4.56. The number of anilines is 1. The summed E-state index contributed by atoms with van der Waals surface area (Å²) in [4.78, 5) is 21.0. The number of nitrogens with zero attached hydrogens (tertiary/aromatic N) is 1. The number of benzene rings is 1. The number of alkyl halides is 3. The molecule has 0 spiro atoms. The quantitative estimate of drug-likeness (QED) is 0.647. The average Bonchev–Trinajstić information content (AvgIpc) is 2.34. The highest BCUT2D eigenvalue weighted by atomic mass is 19.4. The molecule has 0 aliphatic rings. The first-order valence-corrected chi connectivity index (χ1v) is 6.00. The Morgan fingerprint density at radius 3 is 2.48 bits per heavy atom. The van der Waals surface area contributed by atoms with Crippen molar-refractivity contribution in [3.8, 4) is 0 Å². The molecule has 0 aliphatic heterocycles. The summed E-state index contributed by atoms with van der Waals surface area (Å²) in [5, 5.41) is 15.4. The van der Waals surface area contributed by atoms with Gasteiger partial charge in [0.25, 0.3) is 5.69 Å². The Morgan fingerprint density at radius 2 is 2.00 bits per heavy atom. The molecule has 0 atom stereocenters. The third-order valence-corrected chi connectivity index (χ3v) is 2.41. The van der Waals surface area contributed by atoms with E-state index in [2.05, 4.69) is 10.6 Å². The maximum Gasteiger partial charge on any atom is 0.418 e. The van der Waals surface area contributed by atoms with Crippen molar-refractivity contribution in [3.05, 3.63) is 33.9 Å². The second kappa shape index (κ2) is 6.42. The summed E-state index contributed by atoms with van der Waals surface area (Å²) in [5.74, 6) is -0.475. The summed E-state index contributed by atoms with van der Waals surface area (Å²) in [6.45, 7) is 3.06. The monoisotopic (exact) mass is 305 g/mol. The summed E-state index contributed by atoms with van der Waals surface area (Å²) in [5.41, 5.74) is -2.24. The minimum Gasteiger partial charge on any atom is -0.376 e. The van der Waals surface area contributed by atoms with Gasteiger partial charge in [-0.15, -0.1) is 0 Å². The molecule has 0 saturated heterocycles. The molecule has 1 aromatic rings. The fraction of sp³-hybridized carbons (Fsp3) is 0.417. The van der Waals surface area contributed by atoms with Gasteiger partial charge in [-0.25, -0.2) is 0 Å². The highest BCUT2D eigenvalue weighted by Crippen LogP contribution is 2.36. The van der Waals surface area contributed by atoms with E-state index in [-0.39, 0.29) is 18.3 Å². The number of amides is 1. The molecular weight excluding hydrogens is 291 g/mol. The lowest BCUT2D eigenvalue weighted by Crippen LogP contribution is -2.35. The minimum absolute atomic E-state index is 0.141. The van der Waals surface area contributed by atoms with E-state index in [1.165, 1.54) is 0 Å². The van der Waals surface area contributed by atoms with Crippen molar-refractivity contribution in [2.75, 3.05) is 11.9 Å². The van der Waals surface area contributed by atoms with Crippen molar-refractivity contribution in [1.29, 1.82) is 0 Å². The van der Waals surface area contributed by atoms with Gasteiger partial charge in [0.2, 0.25) is 5.91 Å². The van der Waals surface area contributed by atoms with E-state index >= 15 is 0 Å². The van der Waals surface area contributed by atoms with Gasteiger partial charge in [-0.2, -0.15) is 13.2 Å². The van der Waals surface area contributed by atoms with E-state index in [0.29, 0.717) is 6.07 Å². The first-order chi connectivity index (χ1) is 9.61. The van der Waals surface area contributed by atoms with Crippen LogP contribution >= 0.6 is 0 Å². The van der Waals surface area contributed by atoms with Gasteiger partial charge in [0.1, 0.15) is 0 Å². The topological polar surface area (TPSA) is 84.3 Å². The number of carbonyl (C=O) groups excluding carboxylic acids is 1. The number of hydrogen-bond acceptors (Lipinski definition) is 4. The molecule has 1 rings (SSSR count). The summed E-state index contributed by atoms with van der Waals surface area (Å²) in [6, 6.07) is 2.17. The molecule has 0 aliphatic carbocycles. The number of hydrogen-bond donors (Lipinski definition) is 2. The van der Waals surface area contributed by atoms with Crippen LogP contribution in [-0.4, -0.2) is 23.4 Å². The summed E-state index contributed by atoms with van der Waals surface area (Å²) < 4.78 is 38.6. The van der Waals surface area contributed by atoms with Crippen LogP contribution in [0.5, 0.6) is 0 Å². The minimum atomic E-state index is -4.76. The number of nitro groups is 1. The lowest BCUT2D eigenvalue weighted by Gasteiger charge is -2.15. The number of rotatable bonds is 5. The van der Waals surface area contributed by atoms with Crippen LogP contribution in [0.3, 0.4) is 0 Å². The second-order valence-corrected chi connectivity index (χ2v) is 4.56. The Bertz CT molecular complexity index is 544. The van der Waals surface area contributed by atoms with Crippen LogP contribution in [0.25, 0.3) is 0 Å². The van der Waals surface area contributed by atoms with Crippen LogP contribution in [0.4, 0.5) is 24.5 Å². The van der Waals surface area contributed by atoms with Gasteiger partial charge in [0.05, 0.1) is 17.0 Å². The molecule has 0 saturated carbocycles. The maximum atomic E-state index is 12.9. The Morgan fingerprint density at radius 1 is 1.38 bits per heavy atom. The highest BCUT2D eigenvalue weighted by Gasteiger charge is 2.35. The number of nitrogens with one attached hydrogen (secondary N) is 2. The predicted molar refractivity (Wildman–Crippen MR) is 69.9 cm³/mol. The van der Waals surface area contributed by atoms with Crippen LogP contribution in [0.2, 0.25) is 0 Å². The molecule has 116 valence electrons. The third-order valence-electron chi connectivity index (χ3n) is 2.41. The van der Waals surface area contributed by atoms with Crippen molar-refractivity contribution in [2.45, 2.75) is 26.1 Å². The van der Waals surface area contributed by atoms with Gasteiger partial charge in [-0.3, -0.25) is 14.9 Å². The Hall–Kier alpha value is -2.32. The molecule has 0 heterocycles. The number of carbonyl (C=O) groups is 1. The van der Waals surface area contributed by atoms with Gasteiger partial charge >= 0.3 is 6.18 Å². The SMILES string of the molecule is CC(C)NC(=O)CNc1ccc([N+](=O)[O-])cc1C(F)(F)F. The van der Waals surface area contributed by atoms with Crippen LogP contribution in [0.15, 0.2) is 18.2 Å². The van der Waals surface area contributed by atoms with E-state index in [9.17, 15) is 28.1 Å². The van der Waals surface area contributed by atoms with Crippen LogP contribution in [-0.2, 0) is 11.0 Å². The number of non-ortho nitro benzene ring substituents is 1. The van der Waals surface area contributed by atoms with Crippen molar-refractivity contribution in [1.82, 2.24) is 5.32 Å². The summed E-state index contributed by atoms with van der Waals surface area (Å²) in [6.07, 6.45) is -4.76. The Labute approximate surface area is 118 Å². The first kappa shape index (κ1) is 16.7. The zero-order chi connectivity index (χ0) is 16.2. The first-order valence-electron chi connectivity index (χ1n) is 6.00. The Balaban J connectivity index is 2.96. The molecule has 0 fully saturated rings. The predicted octanol–water partition coefficient (Wildman–Crippen LogP) is 2.55. The standard InChI is InChI=1S/C12H14F3N3O3/c1-7(2)17-11(19)6-16-10-4-3-8(18(20)21)5-9(10)12(13,14)15/h3-5,7,16H,6H2,1-2H3,(H,17,19). The van der Waals surface area contributed by atoms with Crippen LogP contribution < -0.4 is 10.6 Å². The summed E-state index contributed by atoms with van der Waals surface area (Å²) >= 11 is 0. The molecule has 1 aromatic carbocycles. The Kier molecular flexibility index (Phi) is 5.12. The maximum absolute atomic E-state index is 12.9. The van der Waals surface area contributed by atoms with E-state index in [4.69, 9.17) is 0 Å². The number of halogens is 3. The van der Waals surface area contributed by atoms with E-state index < -0.39 is 28.3 Å². The normalized spacial score (nSPS) is 11.3. The van der Waals surface area contributed by atoms with Gasteiger partial charge in [0.15, 0.2) is 0 Å². The lowest BCUT2D eigenvalue weighted by molar-refractivity contribution is -0.385. The fourth-order valence-corrected chi connectivity index (χ4v) is 1.58. The van der Waals surface area contributed by atoms with E-state index in [1.807, 2.05) is 0 Å². The molecule has 1 amide bonds. The van der Waals surface area contributed by atoms with Gasteiger partial charge < -0.3 is 10.6 Å². The van der Waals surface area contributed by atoms with Gasteiger partial charge in [-0.05, 0) is 19.9 Å². The van der Waals surface area contributed by atoms with E-state index in [0.717, 1.165) is 12.1 Å². The van der Waals surface area contributed by atoms with Gasteiger partial charge in [-0.1, -0.05) is 0 Å². The molecule has 0 aromatic heterocycles. The molecule has 0 unspecified atom stereocenters. The fourth-order valence-electron chi connectivity index (χ4n) is 1.58. The molecule has 6 nitrogen and oxygen atoms in total. The molecule has 9 heteroatoms. The summed E-state index contributed by atoms with van der Waals surface area (Å²) in [7, 11) is 0. The highest BCUT2D eigenvalue weighted by molar-refractivity contribution is 5.81. The van der Waals surface area contributed by atoms with Crippen molar-refractivity contribution in [2.24, 2.45) is 0 Å². The van der Waals surface area contributed by atoms with Crippen molar-refractivity contribution in [3.63, 3.8) is 0 Å². The zero-order valence-corrected chi connectivity index (χ0v) is 11.3. The molecule has 0 radical (unpaired) electrons. The lowest BCUT2D eigenvalue weighted by atomic mass is 10.1. The average molecular weight is 305 g/mol. The van der Waals surface area contributed by atoms with Crippen LogP contribution in [0, 0.1) is 10.1 Å².